The van der Waals surface area contributed by atoms with Gasteiger partial charge in [0.15, 0.2) is 17.0 Å². The third kappa shape index (κ3) is 4.50. The number of aromatic nitrogens is 4. The number of imidazole rings is 1. The van der Waals surface area contributed by atoms with Gasteiger partial charge in [-0.3, -0.25) is 4.57 Å². The fraction of sp³-hybridized carbons (Fsp3) is 0.235. The number of terminal acetylenes is 1. The highest BCUT2D eigenvalue weighted by molar-refractivity contribution is 14.1. The second-order valence-corrected chi connectivity index (χ2v) is 8.18. The summed E-state index contributed by atoms with van der Waals surface area (Å²) >= 11 is 0.123. The van der Waals surface area contributed by atoms with E-state index in [1.165, 1.54) is 6.33 Å². The highest BCUT2D eigenvalue weighted by atomic mass is 127. The number of benzene rings is 1. The van der Waals surface area contributed by atoms with Crippen molar-refractivity contribution >= 4 is 50.7 Å². The van der Waals surface area contributed by atoms with Crippen molar-refractivity contribution in [3.8, 4) is 12.3 Å². The first-order valence-electron chi connectivity index (χ1n) is 7.97. The van der Waals surface area contributed by atoms with Crippen molar-refractivity contribution in [3.05, 3.63) is 34.2 Å². The first-order valence-corrected chi connectivity index (χ1v) is 10.2. The van der Waals surface area contributed by atoms with Gasteiger partial charge in [-0.2, -0.15) is 4.98 Å². The molecule has 0 bridgehead atoms. The van der Waals surface area contributed by atoms with E-state index in [1.807, 2.05) is 22.6 Å². The molecule has 146 valence electrons. The van der Waals surface area contributed by atoms with E-state index in [9.17, 15) is 13.2 Å². The number of nitrogen functional groups attached to an aromatic ring is 1. The van der Waals surface area contributed by atoms with Crippen LogP contribution in [0.3, 0.4) is 0 Å². The molecule has 0 aliphatic rings. The van der Waals surface area contributed by atoms with Crippen LogP contribution in [0.1, 0.15) is 12.8 Å². The summed E-state index contributed by atoms with van der Waals surface area (Å²) in [6.07, 6.45) is 2.68. The van der Waals surface area contributed by atoms with E-state index in [-0.39, 0.29) is 16.5 Å². The van der Waals surface area contributed by atoms with Gasteiger partial charge in [-0.15, -0.1) is 25.5 Å². The van der Waals surface area contributed by atoms with Crippen molar-refractivity contribution in [2.75, 3.05) is 5.73 Å². The van der Waals surface area contributed by atoms with Gasteiger partial charge in [0.1, 0.15) is 6.33 Å². The number of rotatable bonds is 6. The van der Waals surface area contributed by atoms with Crippen molar-refractivity contribution in [1.82, 2.24) is 19.5 Å². The predicted molar refractivity (Wildman–Crippen MR) is 108 cm³/mol. The number of unbranched alkanes of at least 4 members (excludes halogenated alkanes) is 1. The maximum atomic E-state index is 13.2. The molecule has 0 spiro atoms. The van der Waals surface area contributed by atoms with E-state index in [1.54, 1.807) is 28.8 Å². The lowest BCUT2D eigenvalue weighted by atomic mass is 10.3. The Hall–Kier alpha value is -2.04. The number of nitrogens with two attached hydrogens (primary N) is 1. The Morgan fingerprint density at radius 3 is 2.71 bits per heavy atom. The van der Waals surface area contributed by atoms with E-state index < -0.39 is 17.5 Å². The van der Waals surface area contributed by atoms with Gasteiger partial charge in [-0.1, -0.05) is 12.1 Å². The number of aryl methyl sites for hydroxylation is 1. The third-order valence-corrected chi connectivity index (χ3v) is 6.67. The molecule has 1 unspecified atom stereocenters. The normalized spacial score (nSPS) is 12.8. The van der Waals surface area contributed by atoms with E-state index in [2.05, 4.69) is 25.1 Å². The van der Waals surface area contributed by atoms with E-state index in [0.717, 1.165) is 0 Å². The molecule has 1 atom stereocenters. The Labute approximate surface area is 175 Å². The molecule has 0 aliphatic carbocycles. The highest BCUT2D eigenvalue weighted by Gasteiger charge is 2.48. The van der Waals surface area contributed by atoms with Crippen LogP contribution in [0.15, 0.2) is 40.6 Å². The number of halogens is 4. The van der Waals surface area contributed by atoms with Gasteiger partial charge in [0, 0.05) is 13.0 Å². The first kappa shape index (κ1) is 20.7. The SMILES string of the molecule is C#CCCCn1c([S+](OC(F)(F)F)c2ccccc2I)nc2c(N)ncnc21. The topological polar surface area (TPSA) is 78.9 Å². The van der Waals surface area contributed by atoms with Gasteiger partial charge in [0.05, 0.1) is 3.57 Å². The predicted octanol–water partition coefficient (Wildman–Crippen LogP) is 3.91. The molecule has 6 nitrogen and oxygen atoms in total. The van der Waals surface area contributed by atoms with Crippen LogP contribution in [0.5, 0.6) is 0 Å². The molecule has 3 aromatic rings. The zero-order valence-electron chi connectivity index (χ0n) is 14.3. The van der Waals surface area contributed by atoms with Crippen LogP contribution >= 0.6 is 22.6 Å². The Morgan fingerprint density at radius 2 is 2.04 bits per heavy atom. The Bertz CT molecular complexity index is 1030. The molecule has 0 aliphatic heterocycles. The van der Waals surface area contributed by atoms with Crippen LogP contribution in [0.4, 0.5) is 19.0 Å². The summed E-state index contributed by atoms with van der Waals surface area (Å²) in [5, 5.41) is 0.0701. The highest BCUT2D eigenvalue weighted by Crippen LogP contribution is 2.35. The quantitative estimate of drug-likeness (QED) is 0.231. The largest absolute Gasteiger partial charge is 0.566 e. The molecular weight excluding hydrogens is 506 g/mol. The summed E-state index contributed by atoms with van der Waals surface area (Å²) in [5.74, 6) is 2.60. The summed E-state index contributed by atoms with van der Waals surface area (Å²) < 4.78 is 46.5. The smallest absolute Gasteiger partial charge is 0.382 e. The summed E-state index contributed by atoms with van der Waals surface area (Å²) in [4.78, 5) is 12.7. The minimum atomic E-state index is -4.86. The van der Waals surface area contributed by atoms with Crippen LogP contribution < -0.4 is 5.73 Å². The number of fused-ring (bicyclic) bond motifs is 1. The fourth-order valence-electron chi connectivity index (χ4n) is 2.49. The van der Waals surface area contributed by atoms with Crippen molar-refractivity contribution in [2.24, 2.45) is 0 Å². The first-order chi connectivity index (χ1) is 13.3. The lowest BCUT2D eigenvalue weighted by Crippen LogP contribution is -2.24. The lowest BCUT2D eigenvalue weighted by Gasteiger charge is -2.10. The van der Waals surface area contributed by atoms with Crippen molar-refractivity contribution in [1.29, 1.82) is 0 Å². The Kier molecular flexibility index (Phi) is 6.31. The van der Waals surface area contributed by atoms with Crippen molar-refractivity contribution < 1.29 is 17.4 Å². The standard InChI is InChI=1S/C17H14F3IN5OS/c1-2-3-6-9-26-15-13(14(22)23-10-24-15)25-16(26)28(27-17(18,19)20)12-8-5-4-7-11(12)21/h1,4-5,7-8,10H,3,6,9H2,(H2,22,23,24)/q+1. The third-order valence-electron chi connectivity index (χ3n) is 3.61. The summed E-state index contributed by atoms with van der Waals surface area (Å²) in [6, 6.07) is 6.67. The molecule has 0 saturated heterocycles. The van der Waals surface area contributed by atoms with Crippen molar-refractivity contribution in [2.45, 2.75) is 35.8 Å². The van der Waals surface area contributed by atoms with Gasteiger partial charge in [-0.25, -0.2) is 9.97 Å². The minimum absolute atomic E-state index is 0.0701. The van der Waals surface area contributed by atoms with Crippen molar-refractivity contribution in [3.63, 3.8) is 0 Å². The van der Waals surface area contributed by atoms with E-state index in [4.69, 9.17) is 12.2 Å². The lowest BCUT2D eigenvalue weighted by molar-refractivity contribution is -0.269. The second kappa shape index (κ2) is 8.54. The van der Waals surface area contributed by atoms with Crippen LogP contribution in [-0.2, 0) is 21.9 Å². The summed E-state index contributed by atoms with van der Waals surface area (Å²) in [6.45, 7) is 0.320. The zero-order chi connectivity index (χ0) is 20.3. The molecular formula is C17H14F3IN5OS+. The van der Waals surface area contributed by atoms with Gasteiger partial charge in [0.2, 0.25) is 4.90 Å². The molecule has 28 heavy (non-hydrogen) atoms. The summed E-state index contributed by atoms with van der Waals surface area (Å²) in [5.41, 5.74) is 6.44. The monoisotopic (exact) mass is 520 g/mol. The molecule has 1 aromatic carbocycles. The number of hydrogen-bond acceptors (Lipinski definition) is 5. The summed E-state index contributed by atoms with van der Waals surface area (Å²) in [7, 11) is 0. The van der Waals surface area contributed by atoms with Crippen LogP contribution in [-0.4, -0.2) is 25.9 Å². The Balaban J connectivity index is 2.21. The van der Waals surface area contributed by atoms with E-state index in [0.29, 0.717) is 33.5 Å². The molecule has 3 rings (SSSR count). The second-order valence-electron chi connectivity index (χ2n) is 5.51. The molecule has 2 N–H and O–H groups in total. The maximum absolute atomic E-state index is 13.2. The number of hydrogen-bond donors (Lipinski definition) is 1. The van der Waals surface area contributed by atoms with Gasteiger partial charge >= 0.3 is 11.5 Å². The van der Waals surface area contributed by atoms with Gasteiger partial charge in [-0.05, 0) is 45.3 Å². The Morgan fingerprint density at radius 1 is 1.29 bits per heavy atom. The van der Waals surface area contributed by atoms with E-state index >= 15 is 0 Å². The molecule has 0 saturated carbocycles. The molecule has 0 fully saturated rings. The average Bonchev–Trinajstić information content (AvgIpc) is 3.00. The number of anilines is 1. The molecule has 11 heteroatoms. The molecule has 0 radical (unpaired) electrons. The molecule has 0 amide bonds. The molecule has 2 aromatic heterocycles. The van der Waals surface area contributed by atoms with Gasteiger partial charge in [0.25, 0.3) is 11.2 Å². The molecule has 2 heterocycles. The van der Waals surface area contributed by atoms with Crippen LogP contribution in [0.25, 0.3) is 11.2 Å². The zero-order valence-corrected chi connectivity index (χ0v) is 17.3. The maximum Gasteiger partial charge on any atom is 0.566 e. The van der Waals surface area contributed by atoms with Crippen LogP contribution in [0.2, 0.25) is 0 Å². The number of nitrogens with zero attached hydrogens (tertiary/aromatic N) is 4. The van der Waals surface area contributed by atoms with Crippen LogP contribution in [0, 0.1) is 15.9 Å². The average molecular weight is 520 g/mol. The van der Waals surface area contributed by atoms with Gasteiger partial charge < -0.3 is 5.73 Å². The number of alkyl halides is 3. The minimum Gasteiger partial charge on any atom is -0.382 e. The fourth-order valence-corrected chi connectivity index (χ4v) is 5.02.